The maximum absolute atomic E-state index is 13.2. The van der Waals surface area contributed by atoms with Crippen molar-refractivity contribution in [2.24, 2.45) is 0 Å². The number of hydroxylamine groups is 1. The standard InChI is InChI=1S/C11H16FNO2/c1-9-3-4-11(12)10(7-9)8-13-15-6-5-14-2/h3-4,7,13H,5-6,8H2,1-2H3. The Kier molecular flexibility index (Phi) is 5.25. The third-order valence-corrected chi connectivity index (χ3v) is 1.96. The fraction of sp³-hybridized carbons (Fsp3) is 0.455. The van der Waals surface area contributed by atoms with Crippen molar-refractivity contribution < 1.29 is 14.0 Å². The number of rotatable bonds is 6. The first-order valence-electron chi connectivity index (χ1n) is 4.82. The second-order valence-electron chi connectivity index (χ2n) is 3.26. The molecule has 0 bridgehead atoms. The third-order valence-electron chi connectivity index (χ3n) is 1.96. The van der Waals surface area contributed by atoms with Crippen LogP contribution in [0.2, 0.25) is 0 Å². The number of hydrogen-bond donors (Lipinski definition) is 1. The first-order valence-corrected chi connectivity index (χ1v) is 4.82. The Morgan fingerprint density at radius 3 is 2.87 bits per heavy atom. The van der Waals surface area contributed by atoms with E-state index in [0.29, 0.717) is 25.3 Å². The summed E-state index contributed by atoms with van der Waals surface area (Å²) in [5.74, 6) is -0.219. The van der Waals surface area contributed by atoms with E-state index in [1.54, 1.807) is 19.2 Å². The van der Waals surface area contributed by atoms with Crippen LogP contribution < -0.4 is 5.48 Å². The molecule has 1 rings (SSSR count). The van der Waals surface area contributed by atoms with Gasteiger partial charge < -0.3 is 4.74 Å². The van der Waals surface area contributed by atoms with Crippen LogP contribution in [0.3, 0.4) is 0 Å². The Hall–Kier alpha value is -0.970. The summed E-state index contributed by atoms with van der Waals surface area (Å²) in [4.78, 5) is 5.03. The predicted octanol–water partition coefficient (Wildman–Crippen LogP) is 1.80. The molecule has 0 aromatic heterocycles. The van der Waals surface area contributed by atoms with E-state index in [9.17, 15) is 4.39 Å². The zero-order chi connectivity index (χ0) is 11.1. The molecule has 84 valence electrons. The van der Waals surface area contributed by atoms with Crippen molar-refractivity contribution in [3.8, 4) is 0 Å². The molecule has 0 aliphatic rings. The molecule has 1 N–H and O–H groups in total. The molecule has 1 aromatic carbocycles. The lowest BCUT2D eigenvalue weighted by atomic mass is 10.1. The molecule has 1 aromatic rings. The lowest BCUT2D eigenvalue weighted by molar-refractivity contribution is 0.00307. The topological polar surface area (TPSA) is 30.5 Å². The van der Waals surface area contributed by atoms with Crippen molar-refractivity contribution in [1.82, 2.24) is 5.48 Å². The second kappa shape index (κ2) is 6.50. The van der Waals surface area contributed by atoms with Gasteiger partial charge in [0, 0.05) is 19.2 Å². The van der Waals surface area contributed by atoms with E-state index in [1.807, 2.05) is 6.92 Å². The van der Waals surface area contributed by atoms with Gasteiger partial charge in [0.25, 0.3) is 0 Å². The highest BCUT2D eigenvalue weighted by atomic mass is 19.1. The summed E-state index contributed by atoms with van der Waals surface area (Å²) < 4.78 is 18.0. The predicted molar refractivity (Wildman–Crippen MR) is 55.8 cm³/mol. The SMILES string of the molecule is COCCONCc1cc(C)ccc1F. The number of benzene rings is 1. The maximum atomic E-state index is 13.2. The van der Waals surface area contributed by atoms with Gasteiger partial charge in [0.2, 0.25) is 0 Å². The van der Waals surface area contributed by atoms with Gasteiger partial charge in [-0.05, 0) is 13.0 Å². The average Bonchev–Trinajstić information content (AvgIpc) is 2.23. The fourth-order valence-electron chi connectivity index (χ4n) is 1.16. The molecule has 0 aliphatic heterocycles. The van der Waals surface area contributed by atoms with Crippen molar-refractivity contribution >= 4 is 0 Å². The molecular formula is C11H16FNO2. The Balaban J connectivity index is 2.33. The summed E-state index contributed by atoms with van der Waals surface area (Å²) in [6, 6.07) is 4.99. The van der Waals surface area contributed by atoms with Crippen LogP contribution in [0, 0.1) is 12.7 Å². The minimum atomic E-state index is -0.219. The van der Waals surface area contributed by atoms with Crippen LogP contribution >= 0.6 is 0 Å². The average molecular weight is 213 g/mol. The van der Waals surface area contributed by atoms with E-state index in [0.717, 1.165) is 5.56 Å². The lowest BCUT2D eigenvalue weighted by Crippen LogP contribution is -2.17. The molecule has 0 heterocycles. The van der Waals surface area contributed by atoms with Crippen molar-refractivity contribution in [2.75, 3.05) is 20.3 Å². The first-order chi connectivity index (χ1) is 7.24. The number of halogens is 1. The number of nitrogens with one attached hydrogen (secondary N) is 1. The summed E-state index contributed by atoms with van der Waals surface area (Å²) in [5, 5.41) is 0. The van der Waals surface area contributed by atoms with Crippen molar-refractivity contribution in [2.45, 2.75) is 13.5 Å². The second-order valence-corrected chi connectivity index (χ2v) is 3.26. The van der Waals surface area contributed by atoms with Crippen molar-refractivity contribution in [3.05, 3.63) is 35.1 Å². The quantitative estimate of drug-likeness (QED) is 0.577. The normalized spacial score (nSPS) is 10.6. The van der Waals surface area contributed by atoms with Gasteiger partial charge in [-0.25, -0.2) is 4.39 Å². The monoisotopic (exact) mass is 213 g/mol. The van der Waals surface area contributed by atoms with Crippen LogP contribution in [0.4, 0.5) is 4.39 Å². The van der Waals surface area contributed by atoms with Gasteiger partial charge in [-0.2, -0.15) is 5.48 Å². The Morgan fingerprint density at radius 2 is 2.13 bits per heavy atom. The lowest BCUT2D eigenvalue weighted by Gasteiger charge is -2.07. The molecule has 0 unspecified atom stereocenters. The van der Waals surface area contributed by atoms with E-state index >= 15 is 0 Å². The molecule has 15 heavy (non-hydrogen) atoms. The van der Waals surface area contributed by atoms with Gasteiger partial charge in [0.05, 0.1) is 13.2 Å². The molecule has 0 radical (unpaired) electrons. The highest BCUT2D eigenvalue weighted by Crippen LogP contribution is 2.09. The minimum Gasteiger partial charge on any atom is -0.382 e. The van der Waals surface area contributed by atoms with Gasteiger partial charge in [0.15, 0.2) is 0 Å². The number of hydrogen-bond acceptors (Lipinski definition) is 3. The molecule has 0 saturated carbocycles. The maximum Gasteiger partial charge on any atom is 0.127 e. The third kappa shape index (κ3) is 4.38. The highest BCUT2D eigenvalue weighted by Gasteiger charge is 2.01. The number of aryl methyl sites for hydroxylation is 1. The van der Waals surface area contributed by atoms with E-state index < -0.39 is 0 Å². The summed E-state index contributed by atoms with van der Waals surface area (Å²) >= 11 is 0. The molecule has 0 atom stereocenters. The molecule has 0 aliphatic carbocycles. The molecule has 3 nitrogen and oxygen atoms in total. The Morgan fingerprint density at radius 1 is 1.33 bits per heavy atom. The van der Waals surface area contributed by atoms with Gasteiger partial charge in [-0.1, -0.05) is 17.7 Å². The smallest absolute Gasteiger partial charge is 0.127 e. The van der Waals surface area contributed by atoms with Crippen LogP contribution in [-0.2, 0) is 16.1 Å². The Bertz CT molecular complexity index is 305. The van der Waals surface area contributed by atoms with Gasteiger partial charge >= 0.3 is 0 Å². The van der Waals surface area contributed by atoms with E-state index in [1.165, 1.54) is 6.07 Å². The molecule has 0 fully saturated rings. The zero-order valence-corrected chi connectivity index (χ0v) is 9.05. The first kappa shape index (κ1) is 12.1. The van der Waals surface area contributed by atoms with Gasteiger partial charge in [-0.15, -0.1) is 0 Å². The van der Waals surface area contributed by atoms with Crippen molar-refractivity contribution in [3.63, 3.8) is 0 Å². The molecular weight excluding hydrogens is 197 g/mol. The molecule has 0 spiro atoms. The Labute approximate surface area is 89.2 Å². The van der Waals surface area contributed by atoms with Crippen LogP contribution in [0.25, 0.3) is 0 Å². The largest absolute Gasteiger partial charge is 0.382 e. The summed E-state index contributed by atoms with van der Waals surface area (Å²) in [7, 11) is 1.60. The van der Waals surface area contributed by atoms with Crippen LogP contribution in [0.15, 0.2) is 18.2 Å². The van der Waals surface area contributed by atoms with Gasteiger partial charge in [0.1, 0.15) is 5.82 Å². The number of methoxy groups -OCH3 is 1. The van der Waals surface area contributed by atoms with Gasteiger partial charge in [-0.3, -0.25) is 4.84 Å². The minimum absolute atomic E-state index is 0.219. The van der Waals surface area contributed by atoms with Crippen molar-refractivity contribution in [1.29, 1.82) is 0 Å². The summed E-state index contributed by atoms with van der Waals surface area (Å²) in [5.41, 5.74) is 4.32. The molecule has 4 heteroatoms. The molecule has 0 amide bonds. The summed E-state index contributed by atoms with van der Waals surface area (Å²) in [6.07, 6.45) is 0. The number of ether oxygens (including phenoxy) is 1. The zero-order valence-electron chi connectivity index (χ0n) is 9.05. The van der Waals surface area contributed by atoms with Crippen LogP contribution in [0.5, 0.6) is 0 Å². The van der Waals surface area contributed by atoms with E-state index in [2.05, 4.69) is 5.48 Å². The highest BCUT2D eigenvalue weighted by molar-refractivity contribution is 5.23. The van der Waals surface area contributed by atoms with E-state index in [4.69, 9.17) is 9.57 Å². The van der Waals surface area contributed by atoms with Crippen LogP contribution in [-0.4, -0.2) is 20.3 Å². The summed E-state index contributed by atoms with van der Waals surface area (Å²) in [6.45, 7) is 3.25. The fourth-order valence-corrected chi connectivity index (χ4v) is 1.16. The molecule has 0 saturated heterocycles. The van der Waals surface area contributed by atoms with Crippen LogP contribution in [0.1, 0.15) is 11.1 Å². The van der Waals surface area contributed by atoms with E-state index in [-0.39, 0.29) is 5.82 Å².